The Morgan fingerprint density at radius 1 is 1.07 bits per heavy atom. The molecule has 0 atom stereocenters. The summed E-state index contributed by atoms with van der Waals surface area (Å²) < 4.78 is 1.38. The van der Waals surface area contributed by atoms with Gasteiger partial charge in [-0.25, -0.2) is 4.68 Å². The van der Waals surface area contributed by atoms with Gasteiger partial charge in [0.15, 0.2) is 0 Å². The number of carbonyl (C=O) groups is 1. The predicted octanol–water partition coefficient (Wildman–Crippen LogP) is 2.96. The Morgan fingerprint density at radius 3 is 2.57 bits per heavy atom. The SMILES string of the molecule is CCCCn1nc(C(=O)NCc2ccccc2CN2CCCCC2)ccc1=O. The van der Waals surface area contributed by atoms with Gasteiger partial charge in [-0.15, -0.1) is 0 Å². The van der Waals surface area contributed by atoms with Crippen molar-refractivity contribution in [1.29, 1.82) is 0 Å². The lowest BCUT2D eigenvalue weighted by Gasteiger charge is -2.27. The number of benzene rings is 1. The molecule has 1 N–H and O–H groups in total. The molecule has 1 aliphatic heterocycles. The smallest absolute Gasteiger partial charge is 0.271 e. The Labute approximate surface area is 166 Å². The number of hydrogen-bond acceptors (Lipinski definition) is 4. The third kappa shape index (κ3) is 5.52. The van der Waals surface area contributed by atoms with E-state index in [4.69, 9.17) is 0 Å². The van der Waals surface area contributed by atoms with Crippen molar-refractivity contribution in [1.82, 2.24) is 20.0 Å². The summed E-state index contributed by atoms with van der Waals surface area (Å²) in [5.41, 5.74) is 2.49. The number of carbonyl (C=O) groups excluding carboxylic acids is 1. The first-order valence-electron chi connectivity index (χ1n) is 10.3. The Bertz CT molecular complexity index is 840. The lowest BCUT2D eigenvalue weighted by atomic mass is 10.0. The third-order valence-corrected chi connectivity index (χ3v) is 5.22. The second kappa shape index (κ2) is 10.2. The highest BCUT2D eigenvalue weighted by Gasteiger charge is 2.14. The van der Waals surface area contributed by atoms with E-state index in [0.717, 1.165) is 38.0 Å². The number of nitrogens with zero attached hydrogens (tertiary/aromatic N) is 3. The van der Waals surface area contributed by atoms with Crippen LogP contribution < -0.4 is 10.9 Å². The van der Waals surface area contributed by atoms with Gasteiger partial charge in [0.1, 0.15) is 5.69 Å². The molecule has 2 aromatic rings. The summed E-state index contributed by atoms with van der Waals surface area (Å²) >= 11 is 0. The number of hydrogen-bond donors (Lipinski definition) is 1. The van der Waals surface area contributed by atoms with Gasteiger partial charge in [0.2, 0.25) is 0 Å². The molecule has 1 aliphatic rings. The van der Waals surface area contributed by atoms with Crippen LogP contribution in [0.1, 0.15) is 60.6 Å². The molecule has 1 saturated heterocycles. The molecular weight excluding hydrogens is 352 g/mol. The Kier molecular flexibility index (Phi) is 7.37. The molecule has 3 rings (SSSR count). The van der Waals surface area contributed by atoms with E-state index in [0.29, 0.717) is 13.1 Å². The summed E-state index contributed by atoms with van der Waals surface area (Å²) in [7, 11) is 0. The summed E-state index contributed by atoms with van der Waals surface area (Å²) in [4.78, 5) is 26.9. The molecule has 2 heterocycles. The minimum Gasteiger partial charge on any atom is -0.347 e. The number of aryl methyl sites for hydroxylation is 1. The summed E-state index contributed by atoms with van der Waals surface area (Å²) in [6.45, 7) is 6.26. The maximum absolute atomic E-state index is 12.6. The van der Waals surface area contributed by atoms with Crippen LogP contribution in [0.4, 0.5) is 0 Å². The zero-order valence-electron chi connectivity index (χ0n) is 16.7. The Hall–Kier alpha value is -2.47. The van der Waals surface area contributed by atoms with Gasteiger partial charge in [-0.1, -0.05) is 44.0 Å². The molecule has 0 spiro atoms. The monoisotopic (exact) mass is 382 g/mol. The Balaban J connectivity index is 1.64. The highest BCUT2D eigenvalue weighted by Crippen LogP contribution is 2.16. The maximum atomic E-state index is 12.6. The van der Waals surface area contributed by atoms with E-state index in [1.807, 2.05) is 6.07 Å². The number of unbranched alkanes of at least 4 members (excludes halogenated alkanes) is 1. The molecule has 1 amide bonds. The van der Waals surface area contributed by atoms with Crippen molar-refractivity contribution in [2.45, 2.75) is 58.7 Å². The lowest BCUT2D eigenvalue weighted by molar-refractivity contribution is 0.0943. The predicted molar refractivity (Wildman–Crippen MR) is 110 cm³/mol. The van der Waals surface area contributed by atoms with Crippen LogP contribution in [-0.4, -0.2) is 33.7 Å². The molecule has 0 unspecified atom stereocenters. The van der Waals surface area contributed by atoms with Crippen molar-refractivity contribution in [3.05, 3.63) is 63.6 Å². The van der Waals surface area contributed by atoms with Gasteiger partial charge in [-0.05, 0) is 49.5 Å². The fourth-order valence-electron chi connectivity index (χ4n) is 3.55. The van der Waals surface area contributed by atoms with Crippen molar-refractivity contribution >= 4 is 5.91 Å². The second-order valence-electron chi connectivity index (χ2n) is 7.42. The first-order chi connectivity index (χ1) is 13.7. The van der Waals surface area contributed by atoms with Gasteiger partial charge in [0.25, 0.3) is 11.5 Å². The first-order valence-corrected chi connectivity index (χ1v) is 10.3. The highest BCUT2D eigenvalue weighted by atomic mass is 16.2. The van der Waals surface area contributed by atoms with Gasteiger partial charge >= 0.3 is 0 Å². The maximum Gasteiger partial charge on any atom is 0.271 e. The molecule has 28 heavy (non-hydrogen) atoms. The summed E-state index contributed by atoms with van der Waals surface area (Å²) in [6.07, 6.45) is 5.68. The van der Waals surface area contributed by atoms with Gasteiger partial charge in [0, 0.05) is 25.7 Å². The highest BCUT2D eigenvalue weighted by molar-refractivity contribution is 5.91. The fourth-order valence-corrected chi connectivity index (χ4v) is 3.55. The molecule has 6 nitrogen and oxygen atoms in total. The van der Waals surface area contributed by atoms with E-state index >= 15 is 0 Å². The number of aromatic nitrogens is 2. The number of nitrogens with one attached hydrogen (secondary N) is 1. The molecule has 0 saturated carbocycles. The molecule has 1 fully saturated rings. The van der Waals surface area contributed by atoms with Crippen molar-refractivity contribution in [3.8, 4) is 0 Å². The molecule has 0 bridgehead atoms. The zero-order valence-corrected chi connectivity index (χ0v) is 16.7. The van der Waals surface area contributed by atoms with E-state index in [1.165, 1.54) is 41.6 Å². The molecule has 150 valence electrons. The fraction of sp³-hybridized carbons (Fsp3) is 0.500. The van der Waals surface area contributed by atoms with Gasteiger partial charge in [-0.3, -0.25) is 14.5 Å². The van der Waals surface area contributed by atoms with Crippen LogP contribution in [-0.2, 0) is 19.6 Å². The van der Waals surface area contributed by atoms with Crippen molar-refractivity contribution in [2.75, 3.05) is 13.1 Å². The topological polar surface area (TPSA) is 67.2 Å². The summed E-state index contributed by atoms with van der Waals surface area (Å²) in [5.74, 6) is -0.252. The van der Waals surface area contributed by atoms with Crippen molar-refractivity contribution < 1.29 is 4.79 Å². The summed E-state index contributed by atoms with van der Waals surface area (Å²) in [5, 5.41) is 7.18. The molecular formula is C22H30N4O2. The van der Waals surface area contributed by atoms with Gasteiger partial charge in [-0.2, -0.15) is 5.10 Å². The Morgan fingerprint density at radius 2 is 1.82 bits per heavy atom. The number of likely N-dealkylation sites (tertiary alicyclic amines) is 1. The van der Waals surface area contributed by atoms with E-state index in [2.05, 4.69) is 40.4 Å². The van der Waals surface area contributed by atoms with Crippen LogP contribution in [0.2, 0.25) is 0 Å². The number of rotatable bonds is 8. The molecule has 1 aromatic carbocycles. The number of piperidine rings is 1. The molecule has 0 aliphatic carbocycles. The standard InChI is InChI=1S/C22H30N4O2/c1-2-3-15-26-21(27)12-11-20(24-26)22(28)23-16-18-9-5-6-10-19(18)17-25-13-7-4-8-14-25/h5-6,9-12H,2-4,7-8,13-17H2,1H3,(H,23,28). The van der Waals surface area contributed by atoms with Gasteiger partial charge < -0.3 is 5.32 Å². The van der Waals surface area contributed by atoms with Crippen LogP contribution in [0.5, 0.6) is 0 Å². The minimum absolute atomic E-state index is 0.170. The second-order valence-corrected chi connectivity index (χ2v) is 7.42. The average molecular weight is 383 g/mol. The van der Waals surface area contributed by atoms with Crippen molar-refractivity contribution in [3.63, 3.8) is 0 Å². The van der Waals surface area contributed by atoms with E-state index < -0.39 is 0 Å². The van der Waals surface area contributed by atoms with Crippen LogP contribution in [0.25, 0.3) is 0 Å². The lowest BCUT2D eigenvalue weighted by Crippen LogP contribution is -2.31. The first kappa shape index (κ1) is 20.3. The normalized spacial score (nSPS) is 14.8. The van der Waals surface area contributed by atoms with E-state index in [9.17, 15) is 9.59 Å². The summed E-state index contributed by atoms with van der Waals surface area (Å²) in [6, 6.07) is 11.2. The van der Waals surface area contributed by atoms with Crippen LogP contribution in [0.3, 0.4) is 0 Å². The zero-order chi connectivity index (χ0) is 19.8. The van der Waals surface area contributed by atoms with Crippen molar-refractivity contribution in [2.24, 2.45) is 0 Å². The van der Waals surface area contributed by atoms with Gasteiger partial charge in [0.05, 0.1) is 0 Å². The molecule has 0 radical (unpaired) electrons. The van der Waals surface area contributed by atoms with E-state index in [-0.39, 0.29) is 17.2 Å². The number of amides is 1. The minimum atomic E-state index is -0.252. The van der Waals surface area contributed by atoms with Crippen LogP contribution >= 0.6 is 0 Å². The van der Waals surface area contributed by atoms with E-state index in [1.54, 1.807) is 0 Å². The third-order valence-electron chi connectivity index (χ3n) is 5.22. The van der Waals surface area contributed by atoms with Crippen LogP contribution in [0, 0.1) is 0 Å². The largest absolute Gasteiger partial charge is 0.347 e. The molecule has 1 aromatic heterocycles. The quantitative estimate of drug-likeness (QED) is 0.762. The average Bonchev–Trinajstić information content (AvgIpc) is 2.73. The van der Waals surface area contributed by atoms with Crippen LogP contribution in [0.15, 0.2) is 41.2 Å². The molecule has 6 heteroatoms.